The molecular formula is C11H14F3N3O. The molecule has 1 aromatic heterocycles. The Balaban J connectivity index is 2.33. The van der Waals surface area contributed by atoms with Crippen molar-refractivity contribution in [3.8, 4) is 0 Å². The van der Waals surface area contributed by atoms with Crippen LogP contribution in [0.25, 0.3) is 0 Å². The van der Waals surface area contributed by atoms with E-state index in [1.165, 1.54) is 0 Å². The lowest BCUT2D eigenvalue weighted by Crippen LogP contribution is -2.54. The molecule has 1 aliphatic rings. The molecule has 100 valence electrons. The van der Waals surface area contributed by atoms with E-state index in [1.54, 1.807) is 4.90 Å². The van der Waals surface area contributed by atoms with E-state index in [0.29, 0.717) is 19.8 Å². The van der Waals surface area contributed by atoms with Crippen LogP contribution in [0.2, 0.25) is 0 Å². The number of nitrogens with zero attached hydrogens (tertiary/aromatic N) is 3. The molecule has 0 atom stereocenters. The molecule has 0 unspecified atom stereocenters. The van der Waals surface area contributed by atoms with E-state index < -0.39 is 17.4 Å². The van der Waals surface area contributed by atoms with Gasteiger partial charge in [0, 0.05) is 12.7 Å². The van der Waals surface area contributed by atoms with E-state index in [2.05, 4.69) is 9.97 Å². The standard InChI is InChI=1S/C11H14F3N3O/c1-10(2)7-18-6-5-17(10)9-15-4-3-8(16-9)11(12,13)14/h3-4H,5-7H2,1-2H3. The number of aromatic nitrogens is 2. The largest absolute Gasteiger partial charge is 0.433 e. The molecule has 0 saturated carbocycles. The summed E-state index contributed by atoms with van der Waals surface area (Å²) >= 11 is 0. The molecule has 0 N–H and O–H groups in total. The van der Waals surface area contributed by atoms with Crippen LogP contribution in [0.15, 0.2) is 12.3 Å². The molecule has 1 saturated heterocycles. The van der Waals surface area contributed by atoms with Crippen molar-refractivity contribution < 1.29 is 17.9 Å². The highest BCUT2D eigenvalue weighted by Crippen LogP contribution is 2.30. The number of halogens is 3. The zero-order chi connectivity index (χ0) is 13.4. The number of anilines is 1. The Kier molecular flexibility index (Phi) is 3.18. The lowest BCUT2D eigenvalue weighted by atomic mass is 10.0. The fraction of sp³-hybridized carbons (Fsp3) is 0.636. The van der Waals surface area contributed by atoms with Gasteiger partial charge in [0.2, 0.25) is 5.95 Å². The van der Waals surface area contributed by atoms with E-state index in [4.69, 9.17) is 4.74 Å². The van der Waals surface area contributed by atoms with Gasteiger partial charge < -0.3 is 9.64 Å². The van der Waals surface area contributed by atoms with Gasteiger partial charge in [-0.3, -0.25) is 0 Å². The van der Waals surface area contributed by atoms with E-state index >= 15 is 0 Å². The lowest BCUT2D eigenvalue weighted by molar-refractivity contribution is -0.141. The molecule has 1 aromatic rings. The summed E-state index contributed by atoms with van der Waals surface area (Å²) in [5.41, 5.74) is -1.34. The summed E-state index contributed by atoms with van der Waals surface area (Å²) in [4.78, 5) is 9.27. The fourth-order valence-electron chi connectivity index (χ4n) is 1.87. The Hall–Kier alpha value is -1.37. The monoisotopic (exact) mass is 261 g/mol. The Bertz CT molecular complexity index is 434. The molecule has 2 rings (SSSR count). The van der Waals surface area contributed by atoms with Gasteiger partial charge in [-0.05, 0) is 19.9 Å². The van der Waals surface area contributed by atoms with E-state index in [-0.39, 0.29) is 5.95 Å². The van der Waals surface area contributed by atoms with Gasteiger partial charge >= 0.3 is 6.18 Å². The van der Waals surface area contributed by atoms with Gasteiger partial charge in [-0.2, -0.15) is 13.2 Å². The van der Waals surface area contributed by atoms with Crippen LogP contribution in [0, 0.1) is 0 Å². The van der Waals surface area contributed by atoms with Gasteiger partial charge in [-0.15, -0.1) is 0 Å². The molecule has 2 heterocycles. The zero-order valence-electron chi connectivity index (χ0n) is 10.2. The summed E-state index contributed by atoms with van der Waals surface area (Å²) in [5.74, 6) is 0.0955. The van der Waals surface area contributed by atoms with Crippen LogP contribution >= 0.6 is 0 Å². The van der Waals surface area contributed by atoms with Crippen LogP contribution in [0.4, 0.5) is 19.1 Å². The third-order valence-electron chi connectivity index (χ3n) is 2.82. The summed E-state index contributed by atoms with van der Waals surface area (Å²) in [6.07, 6.45) is -3.31. The average molecular weight is 261 g/mol. The van der Waals surface area contributed by atoms with E-state index in [1.807, 2.05) is 13.8 Å². The Morgan fingerprint density at radius 1 is 1.39 bits per heavy atom. The fourth-order valence-corrected chi connectivity index (χ4v) is 1.87. The van der Waals surface area contributed by atoms with E-state index in [0.717, 1.165) is 12.3 Å². The molecule has 4 nitrogen and oxygen atoms in total. The molecule has 1 fully saturated rings. The molecule has 18 heavy (non-hydrogen) atoms. The van der Waals surface area contributed by atoms with Gasteiger partial charge in [-0.1, -0.05) is 0 Å². The highest BCUT2D eigenvalue weighted by atomic mass is 19.4. The van der Waals surface area contributed by atoms with Gasteiger partial charge in [0.05, 0.1) is 18.8 Å². The van der Waals surface area contributed by atoms with Gasteiger partial charge in [0.1, 0.15) is 5.69 Å². The first-order valence-corrected chi connectivity index (χ1v) is 5.56. The molecule has 0 bridgehead atoms. The predicted molar refractivity (Wildman–Crippen MR) is 59.3 cm³/mol. The molecule has 0 spiro atoms. The van der Waals surface area contributed by atoms with Crippen LogP contribution in [-0.2, 0) is 10.9 Å². The average Bonchev–Trinajstić information content (AvgIpc) is 2.27. The highest BCUT2D eigenvalue weighted by Gasteiger charge is 2.36. The molecule has 0 amide bonds. The summed E-state index contributed by atoms with van der Waals surface area (Å²) in [6, 6.07) is 0.872. The lowest BCUT2D eigenvalue weighted by Gasteiger charge is -2.42. The smallest absolute Gasteiger partial charge is 0.377 e. The third-order valence-corrected chi connectivity index (χ3v) is 2.82. The number of alkyl halides is 3. The first kappa shape index (κ1) is 13.1. The first-order valence-electron chi connectivity index (χ1n) is 5.56. The summed E-state index contributed by atoms with van der Waals surface area (Å²) < 4.78 is 43.1. The number of hydrogen-bond donors (Lipinski definition) is 0. The predicted octanol–water partition coefficient (Wildman–Crippen LogP) is 2.11. The van der Waals surface area contributed by atoms with Crippen molar-refractivity contribution in [3.63, 3.8) is 0 Å². The van der Waals surface area contributed by atoms with Gasteiger partial charge in [-0.25, -0.2) is 9.97 Å². The molecule has 0 aromatic carbocycles. The second-order valence-corrected chi connectivity index (χ2v) is 4.76. The van der Waals surface area contributed by atoms with Crippen LogP contribution in [0.1, 0.15) is 19.5 Å². The SMILES string of the molecule is CC1(C)COCCN1c1nccc(C(F)(F)F)n1. The number of morpholine rings is 1. The highest BCUT2D eigenvalue weighted by molar-refractivity contribution is 5.35. The normalized spacial score (nSPS) is 19.9. The molecular weight excluding hydrogens is 247 g/mol. The van der Waals surface area contributed by atoms with Crippen LogP contribution < -0.4 is 4.90 Å². The van der Waals surface area contributed by atoms with Crippen molar-refractivity contribution in [2.24, 2.45) is 0 Å². The maximum Gasteiger partial charge on any atom is 0.433 e. The molecule has 7 heteroatoms. The molecule has 1 aliphatic heterocycles. The topological polar surface area (TPSA) is 38.2 Å². The number of ether oxygens (including phenoxy) is 1. The minimum Gasteiger partial charge on any atom is -0.377 e. The van der Waals surface area contributed by atoms with Crippen molar-refractivity contribution in [2.75, 3.05) is 24.7 Å². The van der Waals surface area contributed by atoms with Gasteiger partial charge in [0.25, 0.3) is 0 Å². The van der Waals surface area contributed by atoms with Crippen LogP contribution in [0.3, 0.4) is 0 Å². The van der Waals surface area contributed by atoms with Crippen molar-refractivity contribution in [1.82, 2.24) is 9.97 Å². The minimum absolute atomic E-state index is 0.0955. The van der Waals surface area contributed by atoms with Crippen molar-refractivity contribution in [3.05, 3.63) is 18.0 Å². The first-order chi connectivity index (χ1) is 8.31. The van der Waals surface area contributed by atoms with Crippen LogP contribution in [0.5, 0.6) is 0 Å². The quantitative estimate of drug-likeness (QED) is 0.776. The Labute approximate surface area is 103 Å². The second kappa shape index (κ2) is 4.38. The molecule has 0 aliphatic carbocycles. The number of hydrogen-bond acceptors (Lipinski definition) is 4. The maximum absolute atomic E-state index is 12.6. The van der Waals surface area contributed by atoms with Crippen LogP contribution in [-0.4, -0.2) is 35.3 Å². The Morgan fingerprint density at radius 3 is 2.72 bits per heavy atom. The van der Waals surface area contributed by atoms with Crippen molar-refractivity contribution >= 4 is 5.95 Å². The second-order valence-electron chi connectivity index (χ2n) is 4.76. The Morgan fingerprint density at radius 2 is 2.11 bits per heavy atom. The van der Waals surface area contributed by atoms with Crippen molar-refractivity contribution in [1.29, 1.82) is 0 Å². The minimum atomic E-state index is -4.45. The third kappa shape index (κ3) is 2.55. The van der Waals surface area contributed by atoms with Crippen molar-refractivity contribution in [2.45, 2.75) is 25.6 Å². The zero-order valence-corrected chi connectivity index (χ0v) is 10.2. The van der Waals surface area contributed by atoms with Gasteiger partial charge in [0.15, 0.2) is 0 Å². The summed E-state index contributed by atoms with van der Waals surface area (Å²) in [7, 11) is 0. The maximum atomic E-state index is 12.6. The molecule has 0 radical (unpaired) electrons. The summed E-state index contributed by atoms with van der Waals surface area (Å²) in [5, 5.41) is 0. The number of rotatable bonds is 1. The van der Waals surface area contributed by atoms with E-state index in [9.17, 15) is 13.2 Å². The summed E-state index contributed by atoms with van der Waals surface area (Å²) in [6.45, 7) is 5.15.